The van der Waals surface area contributed by atoms with E-state index in [4.69, 9.17) is 29.2 Å². The highest BCUT2D eigenvalue weighted by Gasteiger charge is 2.26. The third kappa shape index (κ3) is 8.67. The van der Waals surface area contributed by atoms with E-state index >= 15 is 0 Å². The van der Waals surface area contributed by atoms with Gasteiger partial charge in [0.25, 0.3) is 0 Å². The van der Waals surface area contributed by atoms with Gasteiger partial charge in [-0.15, -0.1) is 47.0 Å². The first-order valence-electron chi connectivity index (χ1n) is 14.3. The monoisotopic (exact) mass is 772 g/mol. The van der Waals surface area contributed by atoms with Crippen LogP contribution in [-0.2, 0) is 9.47 Å². The lowest BCUT2D eigenvalue weighted by atomic mass is 9.98. The molecule has 5 rings (SSSR count). The maximum Gasteiger partial charge on any atom is 0.120 e. The number of hydrogen-bond acceptors (Lipinski definition) is 14. The Bertz CT molecular complexity index is 1580. The quantitative estimate of drug-likeness (QED) is 0.111. The summed E-state index contributed by atoms with van der Waals surface area (Å²) in [7, 11) is 0. The van der Waals surface area contributed by atoms with Gasteiger partial charge in [-0.2, -0.15) is 0 Å². The zero-order chi connectivity index (χ0) is 32.5. The topological polar surface area (TPSA) is 77.4 Å². The zero-order valence-electron chi connectivity index (χ0n) is 25.9. The highest BCUT2D eigenvalue weighted by molar-refractivity contribution is 8.46. The van der Waals surface area contributed by atoms with Crippen molar-refractivity contribution in [2.24, 2.45) is 0 Å². The number of rotatable bonds is 16. The van der Waals surface area contributed by atoms with Gasteiger partial charge in [-0.1, -0.05) is 47.0 Å². The minimum absolute atomic E-state index is 0.00228. The summed E-state index contributed by atoms with van der Waals surface area (Å²) in [5.74, 6) is 1.58. The van der Waals surface area contributed by atoms with Crippen molar-refractivity contribution in [1.82, 2.24) is 0 Å². The smallest absolute Gasteiger partial charge is 0.120 e. The van der Waals surface area contributed by atoms with Gasteiger partial charge in [0.2, 0.25) is 0 Å². The van der Waals surface area contributed by atoms with Crippen LogP contribution in [0.1, 0.15) is 0 Å². The zero-order valence-corrected chi connectivity index (χ0v) is 32.4. The fraction of sp³-hybridized carbons (Fsp3) is 0.375. The van der Waals surface area contributed by atoms with Crippen LogP contribution in [0, 0.1) is 0 Å². The van der Waals surface area contributed by atoms with Gasteiger partial charge in [-0.05, 0) is 83.0 Å². The van der Waals surface area contributed by atoms with Crippen LogP contribution in [0.25, 0.3) is 30.0 Å². The van der Waals surface area contributed by atoms with Gasteiger partial charge in [-0.25, -0.2) is 0 Å². The molecule has 2 N–H and O–H groups in total. The van der Waals surface area contributed by atoms with E-state index in [-0.39, 0.29) is 13.2 Å². The summed E-state index contributed by atoms with van der Waals surface area (Å²) in [6.45, 7) is 2.23. The summed E-state index contributed by atoms with van der Waals surface area (Å²) < 4.78 is 31.0. The molecule has 2 aliphatic heterocycles. The number of aliphatic hydroxyl groups excluding tert-OH is 2. The van der Waals surface area contributed by atoms with Gasteiger partial charge in [-0.3, -0.25) is 0 Å². The van der Waals surface area contributed by atoms with Crippen molar-refractivity contribution in [3.63, 3.8) is 0 Å². The van der Waals surface area contributed by atoms with Crippen molar-refractivity contribution < 1.29 is 29.2 Å². The Balaban J connectivity index is 1.75. The molecule has 46 heavy (non-hydrogen) atoms. The van der Waals surface area contributed by atoms with Gasteiger partial charge in [0.05, 0.1) is 65.1 Å². The van der Waals surface area contributed by atoms with Crippen molar-refractivity contribution in [2.75, 3.05) is 77.9 Å². The van der Waals surface area contributed by atoms with E-state index in [0.717, 1.165) is 22.3 Å². The molecular formula is C32H36O6S8. The first-order valence-corrected chi connectivity index (χ1v) is 22.5. The second-order valence-corrected chi connectivity index (χ2v) is 18.4. The maximum atomic E-state index is 9.05. The lowest BCUT2D eigenvalue weighted by molar-refractivity contribution is 0.0705. The van der Waals surface area contributed by atoms with E-state index in [2.05, 4.69) is 49.3 Å². The highest BCUT2D eigenvalue weighted by atomic mass is 32.3. The molecule has 0 atom stereocenters. The standard InChI is InChI=1S/C32H36O6S8/c1-39-29-30(40-2)44-27(43-29)25-21-7-5-20(38-16-14-36-12-10-34)18-24(21)26(28-45-31(41-3)32(42-4)46-28)22-8-6-19(17-23(22)25)37-15-13-35-11-9-33/h5-8,17-18,33-34H,9-16H2,1-4H3. The fourth-order valence-corrected chi connectivity index (χ4v) is 15.1. The van der Waals surface area contributed by atoms with E-state index in [1.165, 1.54) is 46.6 Å². The van der Waals surface area contributed by atoms with Crippen LogP contribution in [0.4, 0.5) is 0 Å². The van der Waals surface area contributed by atoms with Crippen LogP contribution in [0.2, 0.25) is 0 Å². The molecule has 3 aromatic rings. The summed E-state index contributed by atoms with van der Waals surface area (Å²) in [5, 5.41) is 25.2. The molecule has 0 fully saturated rings. The lowest BCUT2D eigenvalue weighted by Gasteiger charge is -2.15. The first kappa shape index (κ1) is 36.9. The van der Waals surface area contributed by atoms with Crippen LogP contribution >= 0.6 is 94.1 Å². The van der Waals surface area contributed by atoms with Crippen LogP contribution in [0.15, 0.2) is 53.3 Å². The Morgan fingerprint density at radius 1 is 0.500 bits per heavy atom. The maximum absolute atomic E-state index is 9.05. The predicted molar refractivity (Wildman–Crippen MR) is 213 cm³/mol. The van der Waals surface area contributed by atoms with Crippen molar-refractivity contribution in [3.05, 3.63) is 63.8 Å². The molecule has 0 saturated heterocycles. The lowest BCUT2D eigenvalue weighted by Crippen LogP contribution is -2.18. The second-order valence-electron chi connectivity index (χ2n) is 9.48. The minimum Gasteiger partial charge on any atom is -0.491 e. The highest BCUT2D eigenvalue weighted by Crippen LogP contribution is 2.58. The number of thioether (sulfide) groups is 8. The summed E-state index contributed by atoms with van der Waals surface area (Å²) in [5.41, 5.74) is 0. The fourth-order valence-electron chi connectivity index (χ4n) is 4.83. The van der Waals surface area contributed by atoms with Gasteiger partial charge in [0.15, 0.2) is 0 Å². The third-order valence-electron chi connectivity index (χ3n) is 6.75. The average Bonchev–Trinajstić information content (AvgIpc) is 3.70. The summed E-state index contributed by atoms with van der Waals surface area (Å²) in [6.07, 6.45) is 8.57. The summed E-state index contributed by atoms with van der Waals surface area (Å²) in [6, 6.07) is 12.8. The number of ether oxygens (including phenoxy) is 4. The Kier molecular flexibility index (Phi) is 14.9. The SMILES string of the molecule is CSC1=C(SC)SC(=c2c3ccc(OCCOCCO)cc3c(=C3SC(SC)=C(SC)S3)c3ccc(OCCOCCO)cc23)S1. The van der Waals surface area contributed by atoms with E-state index in [1.807, 2.05) is 59.2 Å². The molecule has 2 heterocycles. The molecule has 0 spiro atoms. The third-order valence-corrected chi connectivity index (χ3v) is 17.2. The van der Waals surface area contributed by atoms with Gasteiger partial charge < -0.3 is 29.2 Å². The Labute approximate surface area is 304 Å². The number of benzene rings is 3. The molecule has 0 aliphatic carbocycles. The van der Waals surface area contributed by atoms with Crippen LogP contribution in [-0.4, -0.2) is 88.1 Å². The molecule has 0 unspecified atom stereocenters. The molecule has 248 valence electrons. The van der Waals surface area contributed by atoms with E-state index in [1.54, 1.807) is 47.0 Å². The van der Waals surface area contributed by atoms with Gasteiger partial charge in [0.1, 0.15) is 24.7 Å². The molecule has 0 bridgehead atoms. The Hall–Kier alpha value is -0.360. The molecule has 14 heteroatoms. The molecule has 0 aromatic heterocycles. The van der Waals surface area contributed by atoms with Crippen molar-refractivity contribution in [3.8, 4) is 11.5 Å². The van der Waals surface area contributed by atoms with E-state index in [0.29, 0.717) is 39.6 Å². The molecule has 3 aromatic carbocycles. The molecule has 6 nitrogen and oxygen atoms in total. The number of fused-ring (bicyclic) bond motifs is 2. The molecule has 0 amide bonds. The van der Waals surface area contributed by atoms with Gasteiger partial charge in [0, 0.05) is 10.4 Å². The van der Waals surface area contributed by atoms with Gasteiger partial charge >= 0.3 is 0 Å². The molecule has 0 saturated carbocycles. The van der Waals surface area contributed by atoms with E-state index < -0.39 is 0 Å². The molecule has 0 radical (unpaired) electrons. The second kappa shape index (κ2) is 18.6. The first-order chi connectivity index (χ1) is 22.6. The Morgan fingerprint density at radius 3 is 1.20 bits per heavy atom. The summed E-state index contributed by atoms with van der Waals surface area (Å²) in [4.78, 5) is 0. The van der Waals surface area contributed by atoms with Crippen molar-refractivity contribution >= 4 is 124 Å². The van der Waals surface area contributed by atoms with Crippen molar-refractivity contribution in [2.45, 2.75) is 0 Å². The van der Waals surface area contributed by atoms with Crippen LogP contribution < -0.4 is 19.9 Å². The summed E-state index contributed by atoms with van der Waals surface area (Å²) >= 11 is 14.6. The minimum atomic E-state index is -0.00228. The predicted octanol–water partition coefficient (Wildman–Crippen LogP) is 7.57. The number of hydrogen-bond donors (Lipinski definition) is 2. The van der Waals surface area contributed by atoms with E-state index in [9.17, 15) is 0 Å². The van der Waals surface area contributed by atoms with Crippen LogP contribution in [0.5, 0.6) is 11.5 Å². The molecule has 2 aliphatic rings. The largest absolute Gasteiger partial charge is 0.491 e. The molecular weight excluding hydrogens is 737 g/mol. The Morgan fingerprint density at radius 2 is 0.870 bits per heavy atom. The average molecular weight is 773 g/mol. The number of aliphatic hydroxyl groups is 2. The van der Waals surface area contributed by atoms with Crippen LogP contribution in [0.3, 0.4) is 0 Å². The van der Waals surface area contributed by atoms with Crippen molar-refractivity contribution in [1.29, 1.82) is 0 Å². The normalized spacial score (nSPS) is 15.3.